The molecule has 122 valence electrons. The Bertz CT molecular complexity index is 936. The smallest absolute Gasteiger partial charge is 0.368 e. The largest absolute Gasteiger partial charge is 0.486 e. The monoisotopic (exact) mass is 388 g/mol. The highest BCUT2D eigenvalue weighted by Gasteiger charge is 2.17. The molecule has 1 aromatic heterocycles. The first-order chi connectivity index (χ1) is 11.7. The van der Waals surface area contributed by atoms with Crippen molar-refractivity contribution in [2.75, 3.05) is 13.2 Å². The van der Waals surface area contributed by atoms with Crippen LogP contribution >= 0.6 is 15.9 Å². The van der Waals surface area contributed by atoms with Gasteiger partial charge in [-0.2, -0.15) is 9.36 Å². The number of fused-ring (bicyclic) bond motifs is 1. The highest BCUT2D eigenvalue weighted by Crippen LogP contribution is 2.35. The Hall–Kier alpha value is -2.61. The van der Waals surface area contributed by atoms with E-state index in [0.29, 0.717) is 30.4 Å². The number of rotatable bonds is 3. The van der Waals surface area contributed by atoms with Crippen molar-refractivity contribution in [2.24, 2.45) is 0 Å². The van der Waals surface area contributed by atoms with Gasteiger partial charge in [0.15, 0.2) is 11.5 Å². The zero-order chi connectivity index (χ0) is 16.5. The van der Waals surface area contributed by atoms with Gasteiger partial charge in [0, 0.05) is 4.47 Å². The van der Waals surface area contributed by atoms with Gasteiger partial charge in [0.1, 0.15) is 13.2 Å². The lowest BCUT2D eigenvalue weighted by atomic mass is 10.2. The number of aromatic nitrogens is 4. The minimum atomic E-state index is -0.303. The summed E-state index contributed by atoms with van der Waals surface area (Å²) in [7, 11) is 0. The van der Waals surface area contributed by atoms with Crippen LogP contribution in [-0.4, -0.2) is 33.0 Å². The molecule has 0 aliphatic carbocycles. The van der Waals surface area contributed by atoms with E-state index in [1.54, 1.807) is 12.1 Å². The van der Waals surface area contributed by atoms with Crippen LogP contribution in [0.1, 0.15) is 5.56 Å². The molecule has 2 aromatic carbocycles. The van der Waals surface area contributed by atoms with Gasteiger partial charge in [-0.25, -0.2) is 4.79 Å². The number of tetrazole rings is 1. The molecule has 0 radical (unpaired) electrons. The molecule has 3 aromatic rings. The van der Waals surface area contributed by atoms with Crippen molar-refractivity contribution in [3.05, 3.63) is 63.0 Å². The maximum Gasteiger partial charge on any atom is 0.368 e. The average Bonchev–Trinajstić information content (AvgIpc) is 2.97. The van der Waals surface area contributed by atoms with Crippen molar-refractivity contribution in [3.8, 4) is 17.2 Å². The van der Waals surface area contributed by atoms with Crippen molar-refractivity contribution in [1.82, 2.24) is 19.8 Å². The predicted molar refractivity (Wildman–Crippen MR) is 89.9 cm³/mol. The summed E-state index contributed by atoms with van der Waals surface area (Å²) in [6, 6.07) is 12.9. The lowest BCUT2D eigenvalue weighted by Gasteiger charge is -2.19. The predicted octanol–water partition coefficient (Wildman–Crippen LogP) is 2.01. The van der Waals surface area contributed by atoms with E-state index in [0.717, 1.165) is 10.0 Å². The third-order valence-corrected chi connectivity index (χ3v) is 4.41. The molecule has 0 spiro atoms. The molecule has 0 saturated heterocycles. The Morgan fingerprint density at radius 3 is 2.50 bits per heavy atom. The van der Waals surface area contributed by atoms with E-state index in [2.05, 4.69) is 26.4 Å². The first-order valence-corrected chi connectivity index (χ1v) is 8.18. The lowest BCUT2D eigenvalue weighted by Crippen LogP contribution is -2.25. The SMILES string of the molecule is O=c1n(Cc2cc3c(cc2Br)OCCO3)nnn1-c1ccccc1. The summed E-state index contributed by atoms with van der Waals surface area (Å²) in [6.07, 6.45) is 0. The van der Waals surface area contributed by atoms with Gasteiger partial charge in [-0.3, -0.25) is 0 Å². The van der Waals surface area contributed by atoms with Crippen molar-refractivity contribution < 1.29 is 9.47 Å². The third-order valence-electron chi connectivity index (χ3n) is 3.67. The molecule has 0 amide bonds. The van der Waals surface area contributed by atoms with Crippen LogP contribution in [0.3, 0.4) is 0 Å². The van der Waals surface area contributed by atoms with Crippen LogP contribution in [-0.2, 0) is 6.54 Å². The van der Waals surface area contributed by atoms with Gasteiger partial charge in [0.25, 0.3) is 0 Å². The van der Waals surface area contributed by atoms with Gasteiger partial charge in [-0.05, 0) is 40.3 Å². The van der Waals surface area contributed by atoms with Gasteiger partial charge >= 0.3 is 5.69 Å². The van der Waals surface area contributed by atoms with Crippen LogP contribution in [0.15, 0.2) is 51.7 Å². The second-order valence-corrected chi connectivity index (χ2v) is 6.11. The Balaban J connectivity index is 1.67. The minimum absolute atomic E-state index is 0.281. The molecule has 0 fully saturated rings. The highest BCUT2D eigenvalue weighted by molar-refractivity contribution is 9.10. The van der Waals surface area contributed by atoms with E-state index >= 15 is 0 Å². The van der Waals surface area contributed by atoms with E-state index in [-0.39, 0.29) is 12.2 Å². The Morgan fingerprint density at radius 2 is 1.75 bits per heavy atom. The fraction of sp³-hybridized carbons (Fsp3) is 0.188. The first kappa shape index (κ1) is 14.9. The van der Waals surface area contributed by atoms with Crippen LogP contribution in [0.5, 0.6) is 11.5 Å². The molecular weight excluding hydrogens is 376 g/mol. The number of benzene rings is 2. The normalized spacial score (nSPS) is 13.0. The maximum absolute atomic E-state index is 12.5. The number of halogens is 1. The fourth-order valence-electron chi connectivity index (χ4n) is 2.49. The van der Waals surface area contributed by atoms with Gasteiger partial charge < -0.3 is 9.47 Å². The summed E-state index contributed by atoms with van der Waals surface area (Å²) < 4.78 is 14.5. The molecule has 0 saturated carbocycles. The van der Waals surface area contributed by atoms with E-state index in [1.165, 1.54) is 9.36 Å². The van der Waals surface area contributed by atoms with Crippen LogP contribution in [0.4, 0.5) is 0 Å². The number of para-hydroxylation sites is 1. The minimum Gasteiger partial charge on any atom is -0.486 e. The summed E-state index contributed by atoms with van der Waals surface area (Å²) in [5.74, 6) is 1.36. The van der Waals surface area contributed by atoms with Crippen molar-refractivity contribution in [2.45, 2.75) is 6.54 Å². The first-order valence-electron chi connectivity index (χ1n) is 7.38. The van der Waals surface area contributed by atoms with E-state index in [9.17, 15) is 4.79 Å². The van der Waals surface area contributed by atoms with Gasteiger partial charge in [0.05, 0.1) is 12.2 Å². The van der Waals surface area contributed by atoms with Gasteiger partial charge in [-0.1, -0.05) is 34.1 Å². The molecule has 7 nitrogen and oxygen atoms in total. The van der Waals surface area contributed by atoms with E-state index in [4.69, 9.17) is 9.47 Å². The summed E-state index contributed by atoms with van der Waals surface area (Å²) in [5, 5.41) is 7.91. The van der Waals surface area contributed by atoms with E-state index < -0.39 is 0 Å². The zero-order valence-corrected chi connectivity index (χ0v) is 14.1. The standard InChI is InChI=1S/C16H13BrN4O3/c17-13-9-15-14(23-6-7-24-15)8-11(13)10-20-16(22)21(19-18-20)12-4-2-1-3-5-12/h1-5,8-9H,6-7,10H2. The molecule has 4 rings (SSSR count). The summed E-state index contributed by atoms with van der Waals surface area (Å²) >= 11 is 3.50. The van der Waals surface area contributed by atoms with Crippen molar-refractivity contribution in [3.63, 3.8) is 0 Å². The molecule has 0 unspecified atom stereocenters. The topological polar surface area (TPSA) is 71.2 Å². The van der Waals surface area contributed by atoms with Crippen LogP contribution in [0.25, 0.3) is 5.69 Å². The highest BCUT2D eigenvalue weighted by atomic mass is 79.9. The molecule has 24 heavy (non-hydrogen) atoms. The fourth-order valence-corrected chi connectivity index (χ4v) is 2.94. The zero-order valence-electron chi connectivity index (χ0n) is 12.6. The summed E-state index contributed by atoms with van der Waals surface area (Å²) in [6.45, 7) is 1.32. The lowest BCUT2D eigenvalue weighted by molar-refractivity contribution is 0.171. The van der Waals surface area contributed by atoms with Gasteiger partial charge in [0.2, 0.25) is 0 Å². The van der Waals surface area contributed by atoms with E-state index in [1.807, 2.05) is 30.3 Å². The summed E-state index contributed by atoms with van der Waals surface area (Å²) in [4.78, 5) is 12.5. The van der Waals surface area contributed by atoms with Crippen LogP contribution in [0, 0.1) is 0 Å². The van der Waals surface area contributed by atoms with Crippen molar-refractivity contribution in [1.29, 1.82) is 0 Å². The molecule has 0 N–H and O–H groups in total. The second kappa shape index (κ2) is 6.12. The van der Waals surface area contributed by atoms with Gasteiger partial charge in [-0.15, -0.1) is 0 Å². The average molecular weight is 389 g/mol. The molecule has 0 bridgehead atoms. The Kier molecular flexibility index (Phi) is 3.81. The number of nitrogens with zero attached hydrogens (tertiary/aromatic N) is 4. The van der Waals surface area contributed by atoms with Crippen LogP contribution in [0.2, 0.25) is 0 Å². The number of hydrogen-bond donors (Lipinski definition) is 0. The summed E-state index contributed by atoms with van der Waals surface area (Å²) in [5.41, 5.74) is 1.24. The van der Waals surface area contributed by atoms with Crippen LogP contribution < -0.4 is 15.2 Å². The Morgan fingerprint density at radius 1 is 1.04 bits per heavy atom. The molecule has 0 atom stereocenters. The maximum atomic E-state index is 12.5. The van der Waals surface area contributed by atoms with Crippen molar-refractivity contribution >= 4 is 15.9 Å². The number of ether oxygens (including phenoxy) is 2. The Labute approximate surface area is 145 Å². The molecule has 8 heteroatoms. The molecule has 2 heterocycles. The molecule has 1 aliphatic rings. The molecular formula is C16H13BrN4O3. The number of hydrogen-bond acceptors (Lipinski definition) is 5. The third kappa shape index (κ3) is 2.69. The quantitative estimate of drug-likeness (QED) is 0.686. The molecule has 1 aliphatic heterocycles. The second-order valence-electron chi connectivity index (χ2n) is 5.25.